The normalized spacial score (nSPS) is 14.6. The average molecular weight is 233 g/mol. The van der Waals surface area contributed by atoms with Crippen LogP contribution in [0.4, 0.5) is 0 Å². The molecule has 0 saturated carbocycles. The first kappa shape index (κ1) is 14.2. The summed E-state index contributed by atoms with van der Waals surface area (Å²) in [6.07, 6.45) is 2.49. The van der Waals surface area contributed by atoms with Gasteiger partial charge < -0.3 is 5.32 Å². The van der Waals surface area contributed by atoms with Gasteiger partial charge in [0.2, 0.25) is 0 Å². The Morgan fingerprint density at radius 1 is 1.12 bits per heavy atom. The predicted molar refractivity (Wildman–Crippen MR) is 76.4 cm³/mol. The lowest BCUT2D eigenvalue weighted by atomic mass is 9.92. The van der Waals surface area contributed by atoms with Gasteiger partial charge in [0.1, 0.15) is 0 Å². The van der Waals surface area contributed by atoms with Crippen LogP contribution in [0.3, 0.4) is 0 Å². The second kappa shape index (κ2) is 6.80. The molecule has 0 saturated heterocycles. The molecule has 2 atom stereocenters. The van der Waals surface area contributed by atoms with Crippen LogP contribution in [0.1, 0.15) is 56.3 Å². The van der Waals surface area contributed by atoms with Crippen LogP contribution in [0, 0.1) is 19.8 Å². The fourth-order valence-corrected chi connectivity index (χ4v) is 2.13. The van der Waals surface area contributed by atoms with Gasteiger partial charge in [0.25, 0.3) is 0 Å². The summed E-state index contributed by atoms with van der Waals surface area (Å²) in [4.78, 5) is 0. The van der Waals surface area contributed by atoms with Gasteiger partial charge in [0.05, 0.1) is 0 Å². The number of hydrogen-bond donors (Lipinski definition) is 1. The summed E-state index contributed by atoms with van der Waals surface area (Å²) in [6, 6.07) is 7.36. The highest BCUT2D eigenvalue weighted by atomic mass is 14.9. The maximum absolute atomic E-state index is 3.61. The van der Waals surface area contributed by atoms with E-state index in [4.69, 9.17) is 0 Å². The summed E-state index contributed by atoms with van der Waals surface area (Å²) >= 11 is 0. The fraction of sp³-hybridized carbons (Fsp3) is 0.625. The van der Waals surface area contributed by atoms with Crippen LogP contribution < -0.4 is 5.32 Å². The maximum Gasteiger partial charge on any atom is 0.0322 e. The molecular weight excluding hydrogens is 206 g/mol. The summed E-state index contributed by atoms with van der Waals surface area (Å²) in [7, 11) is 0. The van der Waals surface area contributed by atoms with E-state index in [0.29, 0.717) is 6.04 Å². The Morgan fingerprint density at radius 3 is 2.35 bits per heavy atom. The molecule has 96 valence electrons. The minimum absolute atomic E-state index is 0.509. The molecule has 1 aromatic carbocycles. The topological polar surface area (TPSA) is 12.0 Å². The Morgan fingerprint density at radius 2 is 1.82 bits per heavy atom. The van der Waals surface area contributed by atoms with E-state index in [-0.39, 0.29) is 0 Å². The first-order chi connectivity index (χ1) is 8.08. The smallest absolute Gasteiger partial charge is 0.0322 e. The lowest BCUT2D eigenvalue weighted by Gasteiger charge is -2.22. The molecule has 0 radical (unpaired) electrons. The Balaban J connectivity index is 2.84. The zero-order chi connectivity index (χ0) is 12.8. The van der Waals surface area contributed by atoms with Gasteiger partial charge in [-0.1, -0.05) is 45.4 Å². The van der Waals surface area contributed by atoms with Gasteiger partial charge in [-0.2, -0.15) is 0 Å². The van der Waals surface area contributed by atoms with Crippen LogP contribution in [-0.2, 0) is 0 Å². The molecule has 0 bridgehead atoms. The molecular formula is C16H27N. The van der Waals surface area contributed by atoms with Gasteiger partial charge >= 0.3 is 0 Å². The van der Waals surface area contributed by atoms with E-state index in [9.17, 15) is 0 Å². The van der Waals surface area contributed by atoms with E-state index in [2.05, 4.69) is 58.1 Å². The SMILES string of the molecule is CCNC(CC(C)CC)c1ccc(C)c(C)c1. The average Bonchev–Trinajstić information content (AvgIpc) is 2.32. The van der Waals surface area contributed by atoms with Crippen molar-refractivity contribution in [2.75, 3.05) is 6.54 Å². The number of benzene rings is 1. The third kappa shape index (κ3) is 4.16. The molecule has 1 N–H and O–H groups in total. The standard InChI is InChI=1S/C16H27N/c1-6-12(3)10-16(17-7-2)15-9-8-13(4)14(5)11-15/h8-9,11-12,16-17H,6-7,10H2,1-5H3. The Kier molecular flexibility index (Phi) is 5.70. The minimum Gasteiger partial charge on any atom is -0.310 e. The van der Waals surface area contributed by atoms with Crippen molar-refractivity contribution in [1.29, 1.82) is 0 Å². The highest BCUT2D eigenvalue weighted by Crippen LogP contribution is 2.24. The van der Waals surface area contributed by atoms with Crippen LogP contribution in [0.15, 0.2) is 18.2 Å². The lowest BCUT2D eigenvalue weighted by molar-refractivity contribution is 0.408. The van der Waals surface area contributed by atoms with Gasteiger partial charge in [-0.3, -0.25) is 0 Å². The number of hydrogen-bond acceptors (Lipinski definition) is 1. The van der Waals surface area contributed by atoms with Gasteiger partial charge in [0.15, 0.2) is 0 Å². The van der Waals surface area contributed by atoms with Crippen molar-refractivity contribution < 1.29 is 0 Å². The van der Waals surface area contributed by atoms with Gasteiger partial charge in [0, 0.05) is 6.04 Å². The fourth-order valence-electron chi connectivity index (χ4n) is 2.13. The molecule has 0 aromatic heterocycles. The van der Waals surface area contributed by atoms with Crippen LogP contribution >= 0.6 is 0 Å². The lowest BCUT2D eigenvalue weighted by Crippen LogP contribution is -2.23. The van der Waals surface area contributed by atoms with Crippen LogP contribution in [0.25, 0.3) is 0 Å². The van der Waals surface area contributed by atoms with Gasteiger partial charge in [-0.25, -0.2) is 0 Å². The third-order valence-corrected chi connectivity index (χ3v) is 3.72. The Hall–Kier alpha value is -0.820. The van der Waals surface area contributed by atoms with Crippen molar-refractivity contribution in [3.05, 3.63) is 34.9 Å². The number of rotatable bonds is 6. The van der Waals surface area contributed by atoms with Crippen molar-refractivity contribution in [3.63, 3.8) is 0 Å². The first-order valence-electron chi connectivity index (χ1n) is 6.89. The molecule has 0 aliphatic heterocycles. The Bertz CT molecular complexity index is 343. The quantitative estimate of drug-likeness (QED) is 0.768. The maximum atomic E-state index is 3.61. The minimum atomic E-state index is 0.509. The molecule has 1 aromatic rings. The first-order valence-corrected chi connectivity index (χ1v) is 6.89. The van der Waals surface area contributed by atoms with Crippen molar-refractivity contribution in [2.24, 2.45) is 5.92 Å². The summed E-state index contributed by atoms with van der Waals surface area (Å²) in [6.45, 7) is 12.2. The van der Waals surface area contributed by atoms with E-state index in [1.54, 1.807) is 0 Å². The summed E-state index contributed by atoms with van der Waals surface area (Å²) in [5.41, 5.74) is 4.22. The summed E-state index contributed by atoms with van der Waals surface area (Å²) in [5.74, 6) is 0.778. The van der Waals surface area contributed by atoms with E-state index in [1.165, 1.54) is 29.5 Å². The van der Waals surface area contributed by atoms with Crippen LogP contribution in [0.2, 0.25) is 0 Å². The summed E-state index contributed by atoms with van der Waals surface area (Å²) < 4.78 is 0. The van der Waals surface area contributed by atoms with Gasteiger partial charge in [-0.05, 0) is 49.4 Å². The molecule has 2 unspecified atom stereocenters. The van der Waals surface area contributed by atoms with Gasteiger partial charge in [-0.15, -0.1) is 0 Å². The molecule has 0 aliphatic rings. The number of nitrogens with one attached hydrogen (secondary N) is 1. The molecule has 0 amide bonds. The molecule has 0 spiro atoms. The molecule has 1 nitrogen and oxygen atoms in total. The van der Waals surface area contributed by atoms with E-state index in [0.717, 1.165) is 12.5 Å². The second-order valence-electron chi connectivity index (χ2n) is 5.20. The zero-order valence-corrected chi connectivity index (χ0v) is 12.0. The number of aryl methyl sites for hydroxylation is 2. The predicted octanol–water partition coefficient (Wildman–Crippen LogP) is 4.39. The molecule has 1 rings (SSSR count). The second-order valence-corrected chi connectivity index (χ2v) is 5.20. The van der Waals surface area contributed by atoms with E-state index < -0.39 is 0 Å². The highest BCUT2D eigenvalue weighted by molar-refractivity contribution is 5.31. The van der Waals surface area contributed by atoms with E-state index >= 15 is 0 Å². The monoisotopic (exact) mass is 233 g/mol. The van der Waals surface area contributed by atoms with Crippen molar-refractivity contribution in [1.82, 2.24) is 5.32 Å². The molecule has 0 fully saturated rings. The van der Waals surface area contributed by atoms with Crippen molar-refractivity contribution in [3.8, 4) is 0 Å². The zero-order valence-electron chi connectivity index (χ0n) is 12.0. The van der Waals surface area contributed by atoms with Crippen LogP contribution in [0.5, 0.6) is 0 Å². The molecule has 17 heavy (non-hydrogen) atoms. The largest absolute Gasteiger partial charge is 0.310 e. The van der Waals surface area contributed by atoms with Crippen molar-refractivity contribution >= 4 is 0 Å². The highest BCUT2D eigenvalue weighted by Gasteiger charge is 2.13. The van der Waals surface area contributed by atoms with E-state index in [1.807, 2.05) is 0 Å². The molecule has 1 heteroatoms. The molecule has 0 aliphatic carbocycles. The Labute approximate surface area is 107 Å². The van der Waals surface area contributed by atoms with Crippen LogP contribution in [-0.4, -0.2) is 6.54 Å². The van der Waals surface area contributed by atoms with Crippen molar-refractivity contribution in [2.45, 2.75) is 53.5 Å². The molecule has 0 heterocycles. The third-order valence-electron chi connectivity index (χ3n) is 3.72. The summed E-state index contributed by atoms with van der Waals surface area (Å²) in [5, 5.41) is 3.61.